The predicted molar refractivity (Wildman–Crippen MR) is 77.5 cm³/mol. The van der Waals surface area contributed by atoms with E-state index in [1.54, 1.807) is 0 Å². The van der Waals surface area contributed by atoms with Crippen LogP contribution in [-0.2, 0) is 0 Å². The van der Waals surface area contributed by atoms with Crippen molar-refractivity contribution < 1.29 is 5.11 Å². The summed E-state index contributed by atoms with van der Waals surface area (Å²) in [6, 6.07) is 0. The first-order valence-electron chi connectivity index (χ1n) is 8.21. The highest BCUT2D eigenvalue weighted by molar-refractivity contribution is 4.95. The van der Waals surface area contributed by atoms with Gasteiger partial charge in [-0.2, -0.15) is 0 Å². The van der Waals surface area contributed by atoms with Gasteiger partial charge in [0.2, 0.25) is 0 Å². The van der Waals surface area contributed by atoms with E-state index in [0.29, 0.717) is 5.92 Å². The van der Waals surface area contributed by atoms with Crippen LogP contribution in [0.15, 0.2) is 0 Å². The van der Waals surface area contributed by atoms with Crippen molar-refractivity contribution in [3.63, 3.8) is 0 Å². The molecule has 0 amide bonds. The molecule has 0 aromatic rings. The van der Waals surface area contributed by atoms with Crippen molar-refractivity contribution in [1.82, 2.24) is 0 Å². The first-order chi connectivity index (χ1) is 8.53. The van der Waals surface area contributed by atoms with Crippen LogP contribution in [0.2, 0.25) is 0 Å². The summed E-state index contributed by atoms with van der Waals surface area (Å²) in [5.74, 6) is 2.14. The quantitative estimate of drug-likeness (QED) is 0.763. The molecule has 3 atom stereocenters. The van der Waals surface area contributed by atoms with E-state index in [2.05, 4.69) is 20.8 Å². The molecule has 18 heavy (non-hydrogen) atoms. The fraction of sp³-hybridized carbons (Fsp3) is 1.00. The Kier molecular flexibility index (Phi) is 4.75. The summed E-state index contributed by atoms with van der Waals surface area (Å²) in [4.78, 5) is 0. The van der Waals surface area contributed by atoms with Crippen molar-refractivity contribution in [3.05, 3.63) is 0 Å². The van der Waals surface area contributed by atoms with E-state index in [9.17, 15) is 5.11 Å². The number of hydrogen-bond donors (Lipinski definition) is 1. The molecular formula is C17H32O. The molecule has 0 spiro atoms. The number of aliphatic hydroxyl groups is 1. The van der Waals surface area contributed by atoms with E-state index in [4.69, 9.17) is 0 Å². The van der Waals surface area contributed by atoms with Crippen LogP contribution >= 0.6 is 0 Å². The van der Waals surface area contributed by atoms with Gasteiger partial charge in [0.25, 0.3) is 0 Å². The molecule has 0 aromatic carbocycles. The van der Waals surface area contributed by atoms with E-state index < -0.39 is 0 Å². The second kappa shape index (κ2) is 5.94. The topological polar surface area (TPSA) is 20.2 Å². The SMILES string of the molecule is CC(C)CC1(C(O)C2CCCC(C)C2)CCCC1. The minimum Gasteiger partial charge on any atom is -0.392 e. The van der Waals surface area contributed by atoms with Gasteiger partial charge >= 0.3 is 0 Å². The molecule has 0 bridgehead atoms. The van der Waals surface area contributed by atoms with Crippen LogP contribution in [0.1, 0.15) is 78.6 Å². The third-order valence-corrected chi connectivity index (χ3v) is 5.47. The van der Waals surface area contributed by atoms with Crippen molar-refractivity contribution in [2.24, 2.45) is 23.2 Å². The molecule has 0 aliphatic heterocycles. The first kappa shape index (κ1) is 14.4. The lowest BCUT2D eigenvalue weighted by Crippen LogP contribution is -2.41. The molecule has 2 saturated carbocycles. The average Bonchev–Trinajstić information content (AvgIpc) is 2.77. The van der Waals surface area contributed by atoms with E-state index >= 15 is 0 Å². The largest absolute Gasteiger partial charge is 0.392 e. The molecule has 0 aromatic heterocycles. The van der Waals surface area contributed by atoms with E-state index in [-0.39, 0.29) is 11.5 Å². The van der Waals surface area contributed by atoms with Crippen LogP contribution in [0.4, 0.5) is 0 Å². The first-order valence-corrected chi connectivity index (χ1v) is 8.21. The van der Waals surface area contributed by atoms with E-state index in [0.717, 1.165) is 11.8 Å². The van der Waals surface area contributed by atoms with Gasteiger partial charge in [-0.05, 0) is 55.3 Å². The second-order valence-electron chi connectivity index (χ2n) is 7.64. The smallest absolute Gasteiger partial charge is 0.0624 e. The molecule has 1 N–H and O–H groups in total. The van der Waals surface area contributed by atoms with Crippen LogP contribution in [0, 0.1) is 23.2 Å². The Labute approximate surface area is 113 Å². The van der Waals surface area contributed by atoms with Crippen molar-refractivity contribution in [2.75, 3.05) is 0 Å². The summed E-state index contributed by atoms with van der Waals surface area (Å²) in [5, 5.41) is 11.0. The molecule has 0 radical (unpaired) electrons. The molecule has 2 rings (SSSR count). The summed E-state index contributed by atoms with van der Waals surface area (Å²) in [5.41, 5.74) is 0.274. The summed E-state index contributed by atoms with van der Waals surface area (Å²) in [6.07, 6.45) is 11.7. The number of aliphatic hydroxyl groups excluding tert-OH is 1. The van der Waals surface area contributed by atoms with Gasteiger partial charge in [-0.1, -0.05) is 46.5 Å². The maximum atomic E-state index is 11.0. The van der Waals surface area contributed by atoms with Gasteiger partial charge in [-0.15, -0.1) is 0 Å². The highest BCUT2D eigenvalue weighted by Crippen LogP contribution is 2.50. The predicted octanol–water partition coefficient (Wildman–Crippen LogP) is 4.78. The number of rotatable bonds is 4. The molecule has 0 heterocycles. The minimum atomic E-state index is -0.0230. The highest BCUT2D eigenvalue weighted by Gasteiger charge is 2.44. The molecular weight excluding hydrogens is 220 g/mol. The third kappa shape index (κ3) is 3.10. The lowest BCUT2D eigenvalue weighted by Gasteiger charge is -2.42. The Morgan fingerprint density at radius 1 is 1.11 bits per heavy atom. The maximum Gasteiger partial charge on any atom is 0.0624 e. The fourth-order valence-electron chi connectivity index (χ4n) is 4.78. The Morgan fingerprint density at radius 2 is 1.78 bits per heavy atom. The lowest BCUT2D eigenvalue weighted by molar-refractivity contribution is -0.0446. The molecule has 2 fully saturated rings. The van der Waals surface area contributed by atoms with Gasteiger partial charge in [0, 0.05) is 0 Å². The number of hydrogen-bond acceptors (Lipinski definition) is 1. The molecule has 2 aliphatic rings. The van der Waals surface area contributed by atoms with Gasteiger partial charge in [0.05, 0.1) is 6.10 Å². The summed E-state index contributed by atoms with van der Waals surface area (Å²) in [6.45, 7) is 7.00. The molecule has 2 aliphatic carbocycles. The Morgan fingerprint density at radius 3 is 2.33 bits per heavy atom. The molecule has 1 nitrogen and oxygen atoms in total. The second-order valence-corrected chi connectivity index (χ2v) is 7.64. The van der Waals surface area contributed by atoms with Gasteiger partial charge in [-0.3, -0.25) is 0 Å². The van der Waals surface area contributed by atoms with Crippen LogP contribution in [-0.4, -0.2) is 11.2 Å². The Bertz CT molecular complexity index is 252. The van der Waals surface area contributed by atoms with E-state index in [1.165, 1.54) is 57.8 Å². The van der Waals surface area contributed by atoms with Crippen LogP contribution in [0.3, 0.4) is 0 Å². The Balaban J connectivity index is 2.05. The van der Waals surface area contributed by atoms with Crippen molar-refractivity contribution in [2.45, 2.75) is 84.7 Å². The normalized spacial score (nSPS) is 33.8. The van der Waals surface area contributed by atoms with Gasteiger partial charge < -0.3 is 5.11 Å². The Hall–Kier alpha value is -0.0400. The molecule has 3 unspecified atom stereocenters. The van der Waals surface area contributed by atoms with Crippen molar-refractivity contribution >= 4 is 0 Å². The third-order valence-electron chi connectivity index (χ3n) is 5.47. The summed E-state index contributed by atoms with van der Waals surface area (Å²) < 4.78 is 0. The van der Waals surface area contributed by atoms with Crippen LogP contribution < -0.4 is 0 Å². The van der Waals surface area contributed by atoms with Gasteiger partial charge in [0.1, 0.15) is 0 Å². The zero-order valence-corrected chi connectivity index (χ0v) is 12.6. The average molecular weight is 252 g/mol. The molecule has 106 valence electrons. The minimum absolute atomic E-state index is 0.0230. The molecule has 1 heteroatoms. The fourth-order valence-corrected chi connectivity index (χ4v) is 4.78. The monoisotopic (exact) mass is 252 g/mol. The van der Waals surface area contributed by atoms with Gasteiger partial charge in [-0.25, -0.2) is 0 Å². The van der Waals surface area contributed by atoms with Crippen molar-refractivity contribution in [1.29, 1.82) is 0 Å². The van der Waals surface area contributed by atoms with Gasteiger partial charge in [0.15, 0.2) is 0 Å². The van der Waals surface area contributed by atoms with Crippen molar-refractivity contribution in [3.8, 4) is 0 Å². The standard InChI is InChI=1S/C17H32O/c1-13(2)12-17(9-4-5-10-17)16(18)15-8-6-7-14(3)11-15/h13-16,18H,4-12H2,1-3H3. The zero-order chi connectivity index (χ0) is 13.2. The zero-order valence-electron chi connectivity index (χ0n) is 12.6. The van der Waals surface area contributed by atoms with Crippen LogP contribution in [0.5, 0.6) is 0 Å². The summed E-state index contributed by atoms with van der Waals surface area (Å²) in [7, 11) is 0. The van der Waals surface area contributed by atoms with Crippen LogP contribution in [0.25, 0.3) is 0 Å². The maximum absolute atomic E-state index is 11.0. The highest BCUT2D eigenvalue weighted by atomic mass is 16.3. The molecule has 0 saturated heterocycles. The van der Waals surface area contributed by atoms with E-state index in [1.807, 2.05) is 0 Å². The summed E-state index contributed by atoms with van der Waals surface area (Å²) >= 11 is 0. The lowest BCUT2D eigenvalue weighted by atomic mass is 9.66.